The number of hydrogen-bond donors (Lipinski definition) is 3. The number of aryl methyl sites for hydroxylation is 2. The van der Waals surface area contributed by atoms with E-state index in [4.69, 9.17) is 0 Å². The molecule has 1 heterocycles. The van der Waals surface area contributed by atoms with Gasteiger partial charge >= 0.3 is 0 Å². The summed E-state index contributed by atoms with van der Waals surface area (Å²) < 4.78 is 26.5. The largest absolute Gasteiger partial charge is 0.352 e. The lowest BCUT2D eigenvalue weighted by Gasteiger charge is -2.08. The van der Waals surface area contributed by atoms with Crippen LogP contribution in [0.2, 0.25) is 0 Å². The Morgan fingerprint density at radius 2 is 1.71 bits per heavy atom. The van der Waals surface area contributed by atoms with Gasteiger partial charge in [0, 0.05) is 23.9 Å². The maximum absolute atomic E-state index is 13.6. The van der Waals surface area contributed by atoms with E-state index < -0.39 is 23.4 Å². The Bertz CT molecular complexity index is 936. The first-order valence-corrected chi connectivity index (χ1v) is 11.2. The highest BCUT2D eigenvalue weighted by Gasteiger charge is 2.16. The van der Waals surface area contributed by atoms with Gasteiger partial charge in [0.05, 0.1) is 10.4 Å². The van der Waals surface area contributed by atoms with Gasteiger partial charge in [0.1, 0.15) is 11.6 Å². The van der Waals surface area contributed by atoms with Gasteiger partial charge in [-0.25, -0.2) is 8.78 Å². The van der Waals surface area contributed by atoms with Crippen LogP contribution in [0.1, 0.15) is 69.0 Å². The summed E-state index contributed by atoms with van der Waals surface area (Å²) in [6.07, 6.45) is 7.03. The second-order valence-electron chi connectivity index (χ2n) is 7.46. The van der Waals surface area contributed by atoms with Crippen LogP contribution < -0.4 is 16.2 Å². The zero-order valence-corrected chi connectivity index (χ0v) is 17.9. The molecule has 0 fully saturated rings. The number of thiophene rings is 1. The normalized spacial score (nSPS) is 13.5. The number of halogens is 2. The van der Waals surface area contributed by atoms with Crippen LogP contribution >= 0.6 is 11.3 Å². The first kappa shape index (κ1) is 22.9. The maximum atomic E-state index is 13.6. The van der Waals surface area contributed by atoms with Crippen molar-refractivity contribution in [2.24, 2.45) is 0 Å². The average molecular weight is 450 g/mol. The molecule has 0 aliphatic heterocycles. The summed E-state index contributed by atoms with van der Waals surface area (Å²) in [6, 6.07) is 4.62. The number of carbonyl (C=O) groups is 3. The maximum Gasteiger partial charge on any atom is 0.279 e. The van der Waals surface area contributed by atoms with E-state index in [1.807, 2.05) is 6.07 Å². The molecule has 0 bridgehead atoms. The van der Waals surface area contributed by atoms with Crippen molar-refractivity contribution in [3.05, 3.63) is 56.8 Å². The van der Waals surface area contributed by atoms with Crippen LogP contribution in [0.4, 0.5) is 8.78 Å². The molecule has 1 aliphatic rings. The molecule has 3 rings (SSSR count). The predicted molar refractivity (Wildman–Crippen MR) is 114 cm³/mol. The third-order valence-corrected chi connectivity index (χ3v) is 6.31. The van der Waals surface area contributed by atoms with Crippen LogP contribution in [0.5, 0.6) is 0 Å². The smallest absolute Gasteiger partial charge is 0.279 e. The molecule has 1 aromatic carbocycles. The van der Waals surface area contributed by atoms with Gasteiger partial charge in [-0.2, -0.15) is 0 Å². The molecule has 0 spiro atoms. The van der Waals surface area contributed by atoms with E-state index in [9.17, 15) is 23.2 Å². The Morgan fingerprint density at radius 3 is 2.48 bits per heavy atom. The number of rotatable bonds is 6. The summed E-state index contributed by atoms with van der Waals surface area (Å²) in [5.74, 6) is -3.13. The van der Waals surface area contributed by atoms with Crippen LogP contribution in [0.25, 0.3) is 0 Å². The van der Waals surface area contributed by atoms with Gasteiger partial charge in [0.2, 0.25) is 5.91 Å². The molecular weight excluding hydrogens is 424 g/mol. The Balaban J connectivity index is 1.38. The van der Waals surface area contributed by atoms with E-state index in [1.165, 1.54) is 34.6 Å². The van der Waals surface area contributed by atoms with Gasteiger partial charge < -0.3 is 5.32 Å². The minimum Gasteiger partial charge on any atom is -0.352 e. The lowest BCUT2D eigenvalue weighted by molar-refractivity contribution is -0.121. The SMILES string of the molecule is O=C(CCCNC(=O)c1ccc(F)cc1F)NNC(=O)c1cc2c(s1)CCCCCC2. The number of carbonyl (C=O) groups excluding carboxylic acids is 3. The standard InChI is InChI=1S/C22H25F2N3O3S/c23-15-9-10-16(17(24)13-15)21(29)25-11-5-8-20(28)26-27-22(30)19-12-14-6-3-1-2-4-7-18(14)31-19/h9-10,12-13H,1-8,11H2,(H,25,29)(H,26,28)(H,27,30). The zero-order valence-electron chi connectivity index (χ0n) is 17.1. The van der Waals surface area contributed by atoms with E-state index in [2.05, 4.69) is 16.2 Å². The molecule has 3 amide bonds. The quantitative estimate of drug-likeness (QED) is 0.465. The number of fused-ring (bicyclic) bond motifs is 1. The Hall–Kier alpha value is -2.81. The van der Waals surface area contributed by atoms with Gasteiger partial charge in [-0.15, -0.1) is 11.3 Å². The van der Waals surface area contributed by atoms with Gasteiger partial charge in [-0.05, 0) is 55.9 Å². The van der Waals surface area contributed by atoms with Crippen molar-refractivity contribution >= 4 is 29.1 Å². The van der Waals surface area contributed by atoms with Crippen molar-refractivity contribution < 1.29 is 23.2 Å². The van der Waals surface area contributed by atoms with Crippen LogP contribution in [-0.2, 0) is 17.6 Å². The second kappa shape index (κ2) is 11.0. The van der Waals surface area contributed by atoms with Gasteiger partial charge in [-0.1, -0.05) is 12.8 Å². The summed E-state index contributed by atoms with van der Waals surface area (Å²) in [4.78, 5) is 38.0. The number of benzene rings is 1. The highest BCUT2D eigenvalue weighted by molar-refractivity contribution is 7.14. The van der Waals surface area contributed by atoms with Crippen molar-refractivity contribution in [2.45, 2.75) is 51.4 Å². The third-order valence-electron chi connectivity index (χ3n) is 5.08. The predicted octanol–water partition coefficient (Wildman–Crippen LogP) is 3.66. The monoisotopic (exact) mass is 449 g/mol. The van der Waals surface area contributed by atoms with Gasteiger partial charge in [-0.3, -0.25) is 25.2 Å². The van der Waals surface area contributed by atoms with Crippen molar-refractivity contribution in [1.82, 2.24) is 16.2 Å². The van der Waals surface area contributed by atoms with Crippen LogP contribution in [0, 0.1) is 11.6 Å². The summed E-state index contributed by atoms with van der Waals surface area (Å²) >= 11 is 1.48. The molecule has 6 nitrogen and oxygen atoms in total. The fraction of sp³-hybridized carbons (Fsp3) is 0.409. The van der Waals surface area contributed by atoms with E-state index in [0.29, 0.717) is 17.4 Å². The highest BCUT2D eigenvalue weighted by Crippen LogP contribution is 2.28. The molecule has 0 radical (unpaired) electrons. The molecular formula is C22H25F2N3O3S. The van der Waals surface area contributed by atoms with E-state index in [1.54, 1.807) is 0 Å². The molecule has 0 unspecified atom stereocenters. The van der Waals surface area contributed by atoms with Crippen molar-refractivity contribution in [1.29, 1.82) is 0 Å². The zero-order chi connectivity index (χ0) is 22.2. The summed E-state index contributed by atoms with van der Waals surface area (Å²) in [6.45, 7) is 0.134. The highest BCUT2D eigenvalue weighted by atomic mass is 32.1. The summed E-state index contributed by atoms with van der Waals surface area (Å²) in [7, 11) is 0. The average Bonchev–Trinajstić information content (AvgIpc) is 3.11. The Labute approximate surface area is 183 Å². The van der Waals surface area contributed by atoms with Crippen molar-refractivity contribution in [3.8, 4) is 0 Å². The fourth-order valence-electron chi connectivity index (χ4n) is 3.43. The van der Waals surface area contributed by atoms with Crippen molar-refractivity contribution in [2.75, 3.05) is 6.54 Å². The van der Waals surface area contributed by atoms with Crippen LogP contribution in [-0.4, -0.2) is 24.3 Å². The molecule has 0 saturated heterocycles. The van der Waals surface area contributed by atoms with Crippen LogP contribution in [0.3, 0.4) is 0 Å². The summed E-state index contributed by atoms with van der Waals surface area (Å²) in [5.41, 5.74) is 5.77. The lowest BCUT2D eigenvalue weighted by atomic mass is 10.00. The topological polar surface area (TPSA) is 87.3 Å². The number of hydrogen-bond acceptors (Lipinski definition) is 4. The second-order valence-corrected chi connectivity index (χ2v) is 8.60. The minimum atomic E-state index is -0.945. The van der Waals surface area contributed by atoms with Gasteiger partial charge in [0.25, 0.3) is 11.8 Å². The molecule has 166 valence electrons. The van der Waals surface area contributed by atoms with E-state index in [-0.39, 0.29) is 24.4 Å². The molecule has 2 aromatic rings. The summed E-state index contributed by atoms with van der Waals surface area (Å²) in [5, 5.41) is 2.48. The van der Waals surface area contributed by atoms with E-state index >= 15 is 0 Å². The third kappa shape index (κ3) is 6.58. The first-order chi connectivity index (χ1) is 14.9. The molecule has 1 aromatic heterocycles. The molecule has 0 atom stereocenters. The fourth-order valence-corrected chi connectivity index (χ4v) is 4.58. The molecule has 31 heavy (non-hydrogen) atoms. The first-order valence-electron chi connectivity index (χ1n) is 10.4. The van der Waals surface area contributed by atoms with Crippen LogP contribution in [0.15, 0.2) is 24.3 Å². The number of amides is 3. The molecule has 9 heteroatoms. The number of nitrogens with one attached hydrogen (secondary N) is 3. The minimum absolute atomic E-state index is 0.0629. The Kier molecular flexibility index (Phi) is 8.11. The number of hydrazine groups is 1. The Morgan fingerprint density at radius 1 is 0.935 bits per heavy atom. The van der Waals surface area contributed by atoms with Crippen molar-refractivity contribution in [3.63, 3.8) is 0 Å². The molecule has 3 N–H and O–H groups in total. The lowest BCUT2D eigenvalue weighted by Crippen LogP contribution is -2.41. The molecule has 1 aliphatic carbocycles. The van der Waals surface area contributed by atoms with Gasteiger partial charge in [0.15, 0.2) is 0 Å². The molecule has 0 saturated carbocycles. The van der Waals surface area contributed by atoms with E-state index in [0.717, 1.165) is 37.8 Å².